The van der Waals surface area contributed by atoms with Crippen LogP contribution in [0.1, 0.15) is 45.4 Å². The van der Waals surface area contributed by atoms with Gasteiger partial charge in [-0.2, -0.15) is 0 Å². The number of esters is 1. The van der Waals surface area contributed by atoms with Crippen LogP contribution in [0.4, 0.5) is 0 Å². The molecule has 4 rings (SSSR count). The summed E-state index contributed by atoms with van der Waals surface area (Å²) in [5, 5.41) is 2.67. The lowest BCUT2D eigenvalue weighted by molar-refractivity contribution is -0.147. The van der Waals surface area contributed by atoms with Crippen molar-refractivity contribution in [2.45, 2.75) is 32.2 Å². The molecule has 1 saturated heterocycles. The van der Waals surface area contributed by atoms with Gasteiger partial charge in [0.25, 0.3) is 5.91 Å². The Labute approximate surface area is 172 Å². The van der Waals surface area contributed by atoms with E-state index in [2.05, 4.69) is 11.9 Å². The summed E-state index contributed by atoms with van der Waals surface area (Å²) in [6, 6.07) is 8.76. The third-order valence-corrected chi connectivity index (χ3v) is 6.20. The maximum absolute atomic E-state index is 12.7. The predicted molar refractivity (Wildman–Crippen MR) is 111 cm³/mol. The van der Waals surface area contributed by atoms with Crippen LogP contribution in [-0.4, -0.2) is 46.7 Å². The number of Topliss-reactive ketones (excluding diaryl/α,β-unsaturated/α-hetero) is 1. The summed E-state index contributed by atoms with van der Waals surface area (Å²) in [6.45, 7) is 2.25. The minimum absolute atomic E-state index is 0.158. The van der Waals surface area contributed by atoms with Gasteiger partial charge < -0.3 is 14.6 Å². The fraction of sp³-hybridized carbons (Fsp3) is 0.318. The second-order valence-corrected chi connectivity index (χ2v) is 8.01. The van der Waals surface area contributed by atoms with Gasteiger partial charge in [-0.3, -0.25) is 9.59 Å². The molecular weight excluding hydrogens is 388 g/mol. The van der Waals surface area contributed by atoms with Crippen molar-refractivity contribution in [2.75, 3.05) is 13.2 Å². The Kier molecular flexibility index (Phi) is 5.49. The Bertz CT molecular complexity index is 1050. The molecule has 3 aromatic rings. The zero-order chi connectivity index (χ0) is 20.4. The normalized spacial score (nSPS) is 16.3. The second-order valence-electron chi connectivity index (χ2n) is 7.06. The van der Waals surface area contributed by atoms with E-state index in [9.17, 15) is 14.4 Å². The molecule has 3 heterocycles. The van der Waals surface area contributed by atoms with Crippen LogP contribution in [0, 0.1) is 0 Å². The van der Waals surface area contributed by atoms with Crippen LogP contribution in [0.25, 0.3) is 10.9 Å². The lowest BCUT2D eigenvalue weighted by Crippen LogP contribution is -2.41. The molecule has 0 bridgehead atoms. The van der Waals surface area contributed by atoms with Crippen LogP contribution < -0.4 is 0 Å². The zero-order valence-corrected chi connectivity index (χ0v) is 17.0. The van der Waals surface area contributed by atoms with Gasteiger partial charge in [-0.15, -0.1) is 11.3 Å². The third kappa shape index (κ3) is 3.70. The summed E-state index contributed by atoms with van der Waals surface area (Å²) in [5.74, 6) is -0.934. The Morgan fingerprint density at radius 2 is 2.10 bits per heavy atom. The molecule has 1 fully saturated rings. The number of amides is 1. The van der Waals surface area contributed by atoms with Gasteiger partial charge in [0.15, 0.2) is 6.61 Å². The number of aromatic nitrogens is 1. The van der Waals surface area contributed by atoms with E-state index in [1.807, 2.05) is 29.6 Å². The van der Waals surface area contributed by atoms with E-state index in [0.717, 1.165) is 29.3 Å². The van der Waals surface area contributed by atoms with Crippen LogP contribution in [0.5, 0.6) is 0 Å². The Hall–Kier alpha value is -2.93. The molecule has 150 valence electrons. The summed E-state index contributed by atoms with van der Waals surface area (Å²) in [6.07, 6.45) is 3.82. The van der Waals surface area contributed by atoms with E-state index in [1.54, 1.807) is 17.2 Å². The molecule has 1 aliphatic heterocycles. The number of nitrogens with one attached hydrogen (secondary N) is 1. The fourth-order valence-electron chi connectivity index (χ4n) is 3.85. The van der Waals surface area contributed by atoms with Gasteiger partial charge in [0.1, 0.15) is 6.04 Å². The Morgan fingerprint density at radius 3 is 2.86 bits per heavy atom. The van der Waals surface area contributed by atoms with Crippen LogP contribution in [0.2, 0.25) is 0 Å². The monoisotopic (exact) mass is 410 g/mol. The zero-order valence-electron chi connectivity index (χ0n) is 16.1. The van der Waals surface area contributed by atoms with Crippen molar-refractivity contribution in [1.29, 1.82) is 0 Å². The number of nitrogens with zero attached hydrogens (tertiary/aromatic N) is 1. The summed E-state index contributed by atoms with van der Waals surface area (Å²) in [7, 11) is 0. The molecule has 1 amide bonds. The van der Waals surface area contributed by atoms with Crippen molar-refractivity contribution in [3.05, 3.63) is 57.9 Å². The van der Waals surface area contributed by atoms with Crippen LogP contribution in [-0.2, 0) is 16.0 Å². The van der Waals surface area contributed by atoms with Gasteiger partial charge in [0.2, 0.25) is 5.78 Å². The molecule has 1 N–H and O–H groups in total. The molecule has 1 atom stereocenters. The van der Waals surface area contributed by atoms with Crippen molar-refractivity contribution in [3.63, 3.8) is 0 Å². The molecular formula is C22H22N2O4S. The number of thiophene rings is 1. The van der Waals surface area contributed by atoms with E-state index >= 15 is 0 Å². The van der Waals surface area contributed by atoms with Crippen LogP contribution in [0.15, 0.2) is 41.9 Å². The van der Waals surface area contributed by atoms with E-state index in [0.29, 0.717) is 23.4 Å². The highest BCUT2D eigenvalue weighted by atomic mass is 32.1. The van der Waals surface area contributed by atoms with Gasteiger partial charge in [-0.05, 0) is 36.3 Å². The molecule has 1 aromatic carbocycles. The summed E-state index contributed by atoms with van der Waals surface area (Å²) in [5.41, 5.74) is 2.58. The fourth-order valence-corrected chi connectivity index (χ4v) is 4.53. The smallest absolute Gasteiger partial charge is 0.329 e. The average molecular weight is 410 g/mol. The first-order chi connectivity index (χ1) is 14.1. The number of aromatic amines is 1. The van der Waals surface area contributed by atoms with Crippen molar-refractivity contribution in [1.82, 2.24) is 9.88 Å². The summed E-state index contributed by atoms with van der Waals surface area (Å²) in [4.78, 5) is 43.2. The van der Waals surface area contributed by atoms with Crippen LogP contribution >= 0.6 is 11.3 Å². The SMILES string of the molecule is CCc1cccc2c(C(=O)COC(=O)[C@@H]3CCCN3C(=O)c3cccs3)c[nH]c12. The topological polar surface area (TPSA) is 79.5 Å². The minimum atomic E-state index is -0.632. The van der Waals surface area contributed by atoms with Gasteiger partial charge in [0, 0.05) is 29.2 Å². The molecule has 2 aromatic heterocycles. The minimum Gasteiger partial charge on any atom is -0.456 e. The first-order valence-corrected chi connectivity index (χ1v) is 10.6. The lowest BCUT2D eigenvalue weighted by Gasteiger charge is -2.22. The number of ether oxygens (including phenoxy) is 1. The number of rotatable bonds is 6. The molecule has 0 unspecified atom stereocenters. The molecule has 0 aliphatic carbocycles. The maximum atomic E-state index is 12.7. The predicted octanol–water partition coefficient (Wildman–Crippen LogP) is 3.82. The number of carbonyl (C=O) groups is 3. The number of H-pyrrole nitrogens is 1. The van der Waals surface area contributed by atoms with Crippen LogP contribution in [0.3, 0.4) is 0 Å². The number of ketones is 1. The number of para-hydroxylation sites is 1. The van der Waals surface area contributed by atoms with E-state index in [1.165, 1.54) is 11.3 Å². The second kappa shape index (κ2) is 8.21. The Balaban J connectivity index is 1.43. The number of likely N-dealkylation sites (tertiary alicyclic amines) is 1. The van der Waals surface area contributed by atoms with Crippen molar-refractivity contribution >= 4 is 39.9 Å². The first-order valence-electron chi connectivity index (χ1n) is 9.73. The highest BCUT2D eigenvalue weighted by Gasteiger charge is 2.36. The van der Waals surface area contributed by atoms with Crippen molar-refractivity contribution in [2.24, 2.45) is 0 Å². The number of carbonyl (C=O) groups excluding carboxylic acids is 3. The van der Waals surface area contributed by atoms with Gasteiger partial charge in [-0.1, -0.05) is 31.2 Å². The first kappa shape index (κ1) is 19.4. The van der Waals surface area contributed by atoms with Crippen molar-refractivity contribution in [3.8, 4) is 0 Å². The quantitative estimate of drug-likeness (QED) is 0.495. The molecule has 1 aliphatic rings. The summed E-state index contributed by atoms with van der Waals surface area (Å²) < 4.78 is 5.32. The highest BCUT2D eigenvalue weighted by molar-refractivity contribution is 7.12. The maximum Gasteiger partial charge on any atom is 0.329 e. The highest BCUT2D eigenvalue weighted by Crippen LogP contribution is 2.25. The average Bonchev–Trinajstić information content (AvgIpc) is 3.50. The van der Waals surface area contributed by atoms with Gasteiger partial charge in [-0.25, -0.2) is 4.79 Å². The van der Waals surface area contributed by atoms with E-state index in [4.69, 9.17) is 4.74 Å². The molecule has 29 heavy (non-hydrogen) atoms. The lowest BCUT2D eigenvalue weighted by atomic mass is 10.1. The molecule has 0 spiro atoms. The molecule has 7 heteroatoms. The van der Waals surface area contributed by atoms with Gasteiger partial charge >= 0.3 is 5.97 Å². The van der Waals surface area contributed by atoms with Crippen molar-refractivity contribution < 1.29 is 19.1 Å². The third-order valence-electron chi connectivity index (χ3n) is 5.35. The Morgan fingerprint density at radius 1 is 1.24 bits per heavy atom. The number of hydrogen-bond acceptors (Lipinski definition) is 5. The number of fused-ring (bicyclic) bond motifs is 1. The number of benzene rings is 1. The molecule has 6 nitrogen and oxygen atoms in total. The van der Waals surface area contributed by atoms with E-state index < -0.39 is 12.0 Å². The molecule has 0 saturated carbocycles. The largest absolute Gasteiger partial charge is 0.456 e. The summed E-state index contributed by atoms with van der Waals surface area (Å²) >= 11 is 1.35. The number of aryl methyl sites for hydroxylation is 1. The number of hydrogen-bond donors (Lipinski definition) is 1. The van der Waals surface area contributed by atoms with Gasteiger partial charge in [0.05, 0.1) is 4.88 Å². The standard InChI is InChI=1S/C22H22N2O4S/c1-2-14-6-3-7-15-16(12-23-20(14)15)18(25)13-28-22(27)17-8-4-10-24(17)21(26)19-9-5-11-29-19/h3,5-7,9,11-12,17,23H,2,4,8,10,13H2,1H3/t17-/m0/s1. The molecule has 0 radical (unpaired) electrons. The van der Waals surface area contributed by atoms with E-state index in [-0.39, 0.29) is 18.3 Å².